The van der Waals surface area contributed by atoms with Crippen LogP contribution in [-0.4, -0.2) is 12.3 Å². The summed E-state index contributed by atoms with van der Waals surface area (Å²) in [6.07, 6.45) is 5.06. The summed E-state index contributed by atoms with van der Waals surface area (Å²) in [5, 5.41) is 2.74. The maximum atomic E-state index is 2.81. The molecule has 0 amide bonds. The van der Waals surface area contributed by atoms with Crippen molar-refractivity contribution in [1.82, 2.24) is 0 Å². The Kier molecular flexibility index (Phi) is 4.94. The highest BCUT2D eigenvalue weighted by Gasteiger charge is 2.61. The van der Waals surface area contributed by atoms with E-state index in [1.165, 1.54) is 91.0 Å². The number of anilines is 5. The molecule has 4 aliphatic rings. The second-order valence-corrected chi connectivity index (χ2v) is 14.6. The van der Waals surface area contributed by atoms with Crippen LogP contribution in [0.2, 0.25) is 0 Å². The molecule has 212 valence electrons. The van der Waals surface area contributed by atoms with E-state index >= 15 is 0 Å². The number of benzene rings is 5. The number of thiophene rings is 1. The number of nitrogens with zero attached hydrogens (tertiary/aromatic N) is 2. The zero-order valence-corrected chi connectivity index (χ0v) is 26.0. The molecule has 2 nitrogen and oxygen atoms in total. The molecule has 0 bridgehead atoms. The molecule has 0 N–H and O–H groups in total. The molecule has 44 heavy (non-hydrogen) atoms. The number of rotatable bonds is 2. The fourth-order valence-corrected chi connectivity index (χ4v) is 10.7. The Bertz CT molecular complexity index is 2150. The van der Waals surface area contributed by atoms with Gasteiger partial charge in [0.25, 0.3) is 6.71 Å². The third-order valence-electron chi connectivity index (χ3n) is 11.6. The quantitative estimate of drug-likeness (QED) is 0.187. The summed E-state index contributed by atoms with van der Waals surface area (Å²) < 4.78 is 1.36. The van der Waals surface area contributed by atoms with Gasteiger partial charge in [0.05, 0.1) is 16.2 Å². The Morgan fingerprint density at radius 1 is 0.659 bits per heavy atom. The van der Waals surface area contributed by atoms with E-state index in [1.54, 1.807) is 5.56 Å². The minimum absolute atomic E-state index is 0.0492. The summed E-state index contributed by atoms with van der Waals surface area (Å²) in [6.45, 7) is 5.33. The normalized spacial score (nSPS) is 22.5. The number of hydrogen-bond donors (Lipinski definition) is 0. The molecule has 2 unspecified atom stereocenters. The molecule has 1 aliphatic carbocycles. The smallest absolute Gasteiger partial charge is 0.254 e. The van der Waals surface area contributed by atoms with Gasteiger partial charge in [-0.15, -0.1) is 11.3 Å². The zero-order valence-electron chi connectivity index (χ0n) is 25.2. The van der Waals surface area contributed by atoms with Crippen LogP contribution in [0.1, 0.15) is 45.1 Å². The maximum absolute atomic E-state index is 2.81. The molecule has 10 rings (SSSR count). The van der Waals surface area contributed by atoms with E-state index in [0.29, 0.717) is 0 Å². The van der Waals surface area contributed by atoms with E-state index in [2.05, 4.69) is 139 Å². The fourth-order valence-electron chi connectivity index (χ4n) is 9.44. The van der Waals surface area contributed by atoms with Crippen LogP contribution >= 0.6 is 11.3 Å². The maximum Gasteiger partial charge on any atom is 0.254 e. The summed E-state index contributed by atoms with van der Waals surface area (Å²) in [5.41, 5.74) is 14.1. The first-order valence-corrected chi connectivity index (χ1v) is 16.9. The lowest BCUT2D eigenvalue weighted by molar-refractivity contribution is 0.195. The summed E-state index contributed by atoms with van der Waals surface area (Å²) in [6, 6.07) is 43.3. The standard InChI is InChI=1S/C40H33BN2S/c1-39-24-12-13-25-40(39,2)43-32-20-10-8-18-30(32)41-35-28-17-7-11-21-34(28)44-38(35)42(33-23-22-29(39)37(43)36(33)41)31-19-9-6-16-27(31)26-14-4-3-5-15-26/h3-11,14-23H,12-13,24-25H2,1-2H3. The van der Waals surface area contributed by atoms with E-state index < -0.39 is 0 Å². The van der Waals surface area contributed by atoms with E-state index in [4.69, 9.17) is 0 Å². The summed E-state index contributed by atoms with van der Waals surface area (Å²) in [5.74, 6) is 0. The van der Waals surface area contributed by atoms with Gasteiger partial charge in [0.2, 0.25) is 0 Å². The molecule has 1 aromatic heterocycles. The zero-order chi connectivity index (χ0) is 29.2. The van der Waals surface area contributed by atoms with Crippen molar-refractivity contribution in [2.75, 3.05) is 9.80 Å². The molecule has 0 saturated heterocycles. The third kappa shape index (κ3) is 2.93. The molecule has 0 spiro atoms. The van der Waals surface area contributed by atoms with E-state index in [1.807, 2.05) is 11.3 Å². The van der Waals surface area contributed by atoms with Crippen LogP contribution in [0.25, 0.3) is 21.2 Å². The Labute approximate surface area is 263 Å². The van der Waals surface area contributed by atoms with Gasteiger partial charge in [-0.1, -0.05) is 111 Å². The molecular formula is C40H33BN2S. The van der Waals surface area contributed by atoms with Crippen LogP contribution < -0.4 is 26.2 Å². The molecule has 2 atom stereocenters. The lowest BCUT2D eigenvalue weighted by Gasteiger charge is -2.52. The first-order chi connectivity index (χ1) is 21.6. The second-order valence-electron chi connectivity index (χ2n) is 13.6. The SMILES string of the molecule is CC12CCCCC1(C)N1c3ccccc3B3c4c(ccc2c41)N(c1ccccc1-c1ccccc1)c1sc2ccccc2c13. The van der Waals surface area contributed by atoms with Crippen LogP contribution in [0, 0.1) is 0 Å². The van der Waals surface area contributed by atoms with Crippen LogP contribution in [0.3, 0.4) is 0 Å². The van der Waals surface area contributed by atoms with Gasteiger partial charge >= 0.3 is 0 Å². The highest BCUT2D eigenvalue weighted by atomic mass is 32.1. The van der Waals surface area contributed by atoms with Crippen molar-refractivity contribution in [3.63, 3.8) is 0 Å². The second kappa shape index (κ2) is 8.67. The predicted octanol–water partition coefficient (Wildman–Crippen LogP) is 8.92. The van der Waals surface area contributed by atoms with E-state index in [-0.39, 0.29) is 17.7 Å². The van der Waals surface area contributed by atoms with E-state index in [0.717, 1.165) is 0 Å². The average Bonchev–Trinajstić information content (AvgIpc) is 3.55. The van der Waals surface area contributed by atoms with Gasteiger partial charge in [0.15, 0.2) is 0 Å². The molecule has 6 aromatic rings. The van der Waals surface area contributed by atoms with Crippen LogP contribution in [0.5, 0.6) is 0 Å². The van der Waals surface area contributed by atoms with Crippen LogP contribution in [0.15, 0.2) is 115 Å². The van der Waals surface area contributed by atoms with Gasteiger partial charge in [-0.3, -0.25) is 0 Å². The topological polar surface area (TPSA) is 6.48 Å². The van der Waals surface area contributed by atoms with Crippen molar-refractivity contribution in [3.05, 3.63) is 121 Å². The fraction of sp³-hybridized carbons (Fsp3) is 0.200. The highest BCUT2D eigenvalue weighted by molar-refractivity contribution is 7.26. The van der Waals surface area contributed by atoms with Crippen LogP contribution in [0.4, 0.5) is 27.8 Å². The Morgan fingerprint density at radius 2 is 1.39 bits per heavy atom. The molecule has 5 aromatic carbocycles. The minimum Gasteiger partial charge on any atom is -0.335 e. The first kappa shape index (κ1) is 25.1. The molecule has 0 radical (unpaired) electrons. The molecule has 1 fully saturated rings. The first-order valence-electron chi connectivity index (χ1n) is 16.1. The molecule has 3 aliphatic heterocycles. The van der Waals surface area contributed by atoms with Crippen molar-refractivity contribution >= 4 is 72.3 Å². The Balaban J connectivity index is 1.36. The van der Waals surface area contributed by atoms with Crippen LogP contribution in [-0.2, 0) is 5.41 Å². The number of hydrogen-bond acceptors (Lipinski definition) is 3. The van der Waals surface area contributed by atoms with Crippen molar-refractivity contribution in [2.45, 2.75) is 50.5 Å². The monoisotopic (exact) mass is 584 g/mol. The van der Waals surface area contributed by atoms with Crippen molar-refractivity contribution in [2.24, 2.45) is 0 Å². The largest absolute Gasteiger partial charge is 0.335 e. The van der Waals surface area contributed by atoms with Gasteiger partial charge in [0, 0.05) is 32.7 Å². The summed E-state index contributed by atoms with van der Waals surface area (Å²) >= 11 is 1.95. The van der Waals surface area contributed by atoms with E-state index in [9.17, 15) is 0 Å². The van der Waals surface area contributed by atoms with Crippen molar-refractivity contribution in [1.29, 1.82) is 0 Å². The highest BCUT2D eigenvalue weighted by Crippen LogP contribution is 2.62. The lowest BCUT2D eigenvalue weighted by atomic mass is 9.33. The summed E-state index contributed by atoms with van der Waals surface area (Å²) in [7, 11) is 0. The Morgan fingerprint density at radius 3 is 2.27 bits per heavy atom. The van der Waals surface area contributed by atoms with Gasteiger partial charge < -0.3 is 9.80 Å². The molecular weight excluding hydrogens is 551 g/mol. The summed E-state index contributed by atoms with van der Waals surface area (Å²) in [4.78, 5) is 5.43. The molecule has 1 saturated carbocycles. The molecule has 4 heteroatoms. The number of fused-ring (bicyclic) bond motifs is 10. The predicted molar refractivity (Wildman–Crippen MR) is 189 cm³/mol. The number of para-hydroxylation sites is 2. The van der Waals surface area contributed by atoms with Gasteiger partial charge in [-0.25, -0.2) is 0 Å². The van der Waals surface area contributed by atoms with Crippen molar-refractivity contribution in [3.8, 4) is 11.1 Å². The van der Waals surface area contributed by atoms with Gasteiger partial charge in [-0.05, 0) is 76.9 Å². The molecule has 4 heterocycles. The average molecular weight is 585 g/mol. The Hall–Kier alpha value is -4.28. The van der Waals surface area contributed by atoms with Gasteiger partial charge in [-0.2, -0.15) is 0 Å². The van der Waals surface area contributed by atoms with Gasteiger partial charge in [0.1, 0.15) is 0 Å². The minimum atomic E-state index is 0.0492. The van der Waals surface area contributed by atoms with Crippen molar-refractivity contribution < 1.29 is 0 Å². The lowest BCUT2D eigenvalue weighted by Crippen LogP contribution is -2.64. The third-order valence-corrected chi connectivity index (χ3v) is 12.8.